The fourth-order valence-corrected chi connectivity index (χ4v) is 1.76. The van der Waals surface area contributed by atoms with Crippen LogP contribution < -0.4 is 5.32 Å². The molecule has 2 rings (SSSR count). The number of carboxylic acids is 1. The first-order chi connectivity index (χ1) is 9.99. The van der Waals surface area contributed by atoms with Crippen molar-refractivity contribution in [1.82, 2.24) is 4.98 Å². The van der Waals surface area contributed by atoms with Crippen LogP contribution in [0.4, 0.5) is 15.9 Å². The lowest BCUT2D eigenvalue weighted by Crippen LogP contribution is -2.10. The Bertz CT molecular complexity index is 706. The molecule has 0 bridgehead atoms. The van der Waals surface area contributed by atoms with Gasteiger partial charge in [0.2, 0.25) is 0 Å². The van der Waals surface area contributed by atoms with E-state index in [2.05, 4.69) is 10.3 Å². The molecule has 1 aromatic carbocycles. The molecule has 0 aliphatic heterocycles. The molecule has 0 saturated carbocycles. The highest BCUT2D eigenvalue weighted by Gasteiger charge is 2.15. The zero-order valence-electron chi connectivity index (χ0n) is 10.6. The van der Waals surface area contributed by atoms with Crippen LogP contribution in [0.1, 0.15) is 15.9 Å². The van der Waals surface area contributed by atoms with Gasteiger partial charge in [0.25, 0.3) is 5.69 Å². The van der Waals surface area contributed by atoms with Gasteiger partial charge in [-0.3, -0.25) is 10.1 Å². The normalized spacial score (nSPS) is 10.1. The number of halogens is 1. The Kier molecular flexibility index (Phi) is 4.07. The van der Waals surface area contributed by atoms with E-state index >= 15 is 0 Å². The molecule has 0 saturated heterocycles. The number of hydrogen-bond donors (Lipinski definition) is 2. The molecule has 0 unspecified atom stereocenters. The minimum atomic E-state index is -1.34. The van der Waals surface area contributed by atoms with Crippen LogP contribution in [0.25, 0.3) is 0 Å². The lowest BCUT2D eigenvalue weighted by atomic mass is 10.1. The molecule has 1 aromatic heterocycles. The highest BCUT2D eigenvalue weighted by molar-refractivity contribution is 5.93. The van der Waals surface area contributed by atoms with Crippen molar-refractivity contribution in [3.8, 4) is 0 Å². The average Bonchev–Trinajstić information content (AvgIpc) is 2.46. The molecule has 0 spiro atoms. The molecule has 2 N–H and O–H groups in total. The van der Waals surface area contributed by atoms with Crippen molar-refractivity contribution in [2.75, 3.05) is 5.32 Å². The van der Waals surface area contributed by atoms with Gasteiger partial charge >= 0.3 is 5.97 Å². The Morgan fingerprint density at radius 1 is 1.43 bits per heavy atom. The summed E-state index contributed by atoms with van der Waals surface area (Å²) in [5.41, 5.74) is -0.0671. The molecule has 0 atom stereocenters. The second-order valence-corrected chi connectivity index (χ2v) is 4.09. The van der Waals surface area contributed by atoms with E-state index < -0.39 is 16.7 Å². The average molecular weight is 291 g/mol. The van der Waals surface area contributed by atoms with Crippen molar-refractivity contribution in [3.63, 3.8) is 0 Å². The summed E-state index contributed by atoms with van der Waals surface area (Å²) in [6.07, 6.45) is 0.869. The van der Waals surface area contributed by atoms with Gasteiger partial charge in [-0.15, -0.1) is 0 Å². The summed E-state index contributed by atoms with van der Waals surface area (Å²) in [4.78, 5) is 25.0. The number of hydrogen-bond acceptors (Lipinski definition) is 5. The number of nitro benzene ring substituents is 1. The molecule has 0 amide bonds. The molecule has 1 heterocycles. The molecular weight excluding hydrogens is 281 g/mol. The molecule has 8 heteroatoms. The second-order valence-electron chi connectivity index (χ2n) is 4.09. The number of para-hydroxylation sites is 1. The number of nitro groups is 1. The van der Waals surface area contributed by atoms with Gasteiger partial charge in [-0.1, -0.05) is 18.2 Å². The Hall–Kier alpha value is -3.03. The van der Waals surface area contributed by atoms with E-state index in [1.807, 2.05) is 0 Å². The van der Waals surface area contributed by atoms with Crippen molar-refractivity contribution in [2.24, 2.45) is 0 Å². The summed E-state index contributed by atoms with van der Waals surface area (Å²) in [5, 5.41) is 22.5. The Morgan fingerprint density at radius 2 is 2.14 bits per heavy atom. The Balaban J connectivity index is 2.25. The molecule has 21 heavy (non-hydrogen) atoms. The standard InChI is InChI=1S/C13H10FN3O4/c14-9-5-10(13(18)19)12(16-7-9)15-6-8-3-1-2-4-11(8)17(20)21/h1-5,7H,6H2,(H,15,16)(H,18,19). The molecule has 7 nitrogen and oxygen atoms in total. The fraction of sp³-hybridized carbons (Fsp3) is 0.0769. The summed E-state index contributed by atoms with van der Waals surface area (Å²) in [6.45, 7) is -0.00390. The van der Waals surface area contributed by atoms with Crippen LogP contribution in [-0.2, 0) is 6.54 Å². The molecule has 0 aliphatic carbocycles. The monoisotopic (exact) mass is 291 g/mol. The summed E-state index contributed by atoms with van der Waals surface area (Å²) in [5.74, 6) is -2.17. The van der Waals surface area contributed by atoms with Crippen LogP contribution in [0.3, 0.4) is 0 Å². The summed E-state index contributed by atoms with van der Waals surface area (Å²) < 4.78 is 13.0. The lowest BCUT2D eigenvalue weighted by molar-refractivity contribution is -0.385. The number of aromatic carboxylic acids is 1. The predicted molar refractivity (Wildman–Crippen MR) is 71.6 cm³/mol. The Morgan fingerprint density at radius 3 is 2.81 bits per heavy atom. The van der Waals surface area contributed by atoms with E-state index in [9.17, 15) is 19.3 Å². The quantitative estimate of drug-likeness (QED) is 0.647. The van der Waals surface area contributed by atoms with Crippen molar-refractivity contribution in [3.05, 3.63) is 63.6 Å². The number of carbonyl (C=O) groups is 1. The van der Waals surface area contributed by atoms with E-state index in [1.54, 1.807) is 6.07 Å². The van der Waals surface area contributed by atoms with Crippen LogP contribution in [0.5, 0.6) is 0 Å². The summed E-state index contributed by atoms with van der Waals surface area (Å²) in [7, 11) is 0. The Labute approximate surface area is 118 Å². The first kappa shape index (κ1) is 14.4. The molecule has 108 valence electrons. The maximum atomic E-state index is 13.0. The third-order valence-corrected chi connectivity index (χ3v) is 2.72. The number of nitrogens with zero attached hydrogens (tertiary/aromatic N) is 2. The third-order valence-electron chi connectivity index (χ3n) is 2.72. The number of rotatable bonds is 5. The van der Waals surface area contributed by atoms with Crippen LogP contribution in [-0.4, -0.2) is 21.0 Å². The predicted octanol–water partition coefficient (Wildman–Crippen LogP) is 2.44. The van der Waals surface area contributed by atoms with Gasteiger partial charge in [-0.25, -0.2) is 14.2 Å². The fourth-order valence-electron chi connectivity index (χ4n) is 1.76. The van der Waals surface area contributed by atoms with E-state index in [1.165, 1.54) is 18.2 Å². The van der Waals surface area contributed by atoms with Gasteiger partial charge in [0.15, 0.2) is 0 Å². The zero-order valence-corrected chi connectivity index (χ0v) is 10.6. The number of benzene rings is 1. The molecule has 2 aromatic rings. The SMILES string of the molecule is O=C(O)c1cc(F)cnc1NCc1ccccc1[N+](=O)[O-]. The molecular formula is C13H10FN3O4. The van der Waals surface area contributed by atoms with Crippen LogP contribution in [0.2, 0.25) is 0 Å². The van der Waals surface area contributed by atoms with E-state index in [0.29, 0.717) is 5.56 Å². The lowest BCUT2D eigenvalue weighted by Gasteiger charge is -2.08. The summed E-state index contributed by atoms with van der Waals surface area (Å²) >= 11 is 0. The van der Waals surface area contributed by atoms with Gasteiger partial charge < -0.3 is 10.4 Å². The van der Waals surface area contributed by atoms with Gasteiger partial charge in [0, 0.05) is 18.2 Å². The highest BCUT2D eigenvalue weighted by Crippen LogP contribution is 2.20. The van der Waals surface area contributed by atoms with Crippen molar-refractivity contribution < 1.29 is 19.2 Å². The van der Waals surface area contributed by atoms with Crippen molar-refractivity contribution >= 4 is 17.5 Å². The maximum Gasteiger partial charge on any atom is 0.339 e. The number of aromatic nitrogens is 1. The number of anilines is 1. The van der Waals surface area contributed by atoms with Crippen LogP contribution in [0, 0.1) is 15.9 Å². The number of carboxylic acid groups (broad SMARTS) is 1. The van der Waals surface area contributed by atoms with E-state index in [0.717, 1.165) is 12.3 Å². The second kappa shape index (κ2) is 5.95. The van der Waals surface area contributed by atoms with Crippen LogP contribution >= 0.6 is 0 Å². The zero-order chi connectivity index (χ0) is 15.4. The highest BCUT2D eigenvalue weighted by atomic mass is 19.1. The largest absolute Gasteiger partial charge is 0.478 e. The van der Waals surface area contributed by atoms with E-state index in [-0.39, 0.29) is 23.6 Å². The van der Waals surface area contributed by atoms with Gasteiger partial charge in [-0.05, 0) is 6.07 Å². The van der Waals surface area contributed by atoms with Crippen molar-refractivity contribution in [1.29, 1.82) is 0 Å². The van der Waals surface area contributed by atoms with Gasteiger partial charge in [0.05, 0.1) is 11.1 Å². The minimum Gasteiger partial charge on any atom is -0.478 e. The molecule has 0 radical (unpaired) electrons. The molecule has 0 aliphatic rings. The smallest absolute Gasteiger partial charge is 0.339 e. The van der Waals surface area contributed by atoms with Gasteiger partial charge in [0.1, 0.15) is 17.2 Å². The van der Waals surface area contributed by atoms with E-state index in [4.69, 9.17) is 5.11 Å². The third kappa shape index (κ3) is 3.30. The van der Waals surface area contributed by atoms with Crippen molar-refractivity contribution in [2.45, 2.75) is 6.54 Å². The number of nitrogens with one attached hydrogen (secondary N) is 1. The first-order valence-corrected chi connectivity index (χ1v) is 5.84. The van der Waals surface area contributed by atoms with Gasteiger partial charge in [-0.2, -0.15) is 0 Å². The number of pyridine rings is 1. The van der Waals surface area contributed by atoms with Crippen LogP contribution in [0.15, 0.2) is 36.5 Å². The minimum absolute atomic E-state index is 0.00390. The first-order valence-electron chi connectivity index (χ1n) is 5.84. The topological polar surface area (TPSA) is 105 Å². The summed E-state index contributed by atoms with van der Waals surface area (Å²) in [6, 6.07) is 6.86. The maximum absolute atomic E-state index is 13.0. The molecule has 0 fully saturated rings.